The summed E-state index contributed by atoms with van der Waals surface area (Å²) in [5.74, 6) is 0. The Morgan fingerprint density at radius 3 is 3.20 bits per heavy atom. The van der Waals surface area contributed by atoms with E-state index in [4.69, 9.17) is 10.5 Å². The van der Waals surface area contributed by atoms with Crippen molar-refractivity contribution in [2.24, 2.45) is 0 Å². The van der Waals surface area contributed by atoms with Crippen LogP contribution in [-0.4, -0.2) is 29.1 Å². The van der Waals surface area contributed by atoms with Crippen LogP contribution in [0.15, 0.2) is 18.3 Å². The van der Waals surface area contributed by atoms with Crippen molar-refractivity contribution in [2.45, 2.75) is 13.0 Å². The lowest BCUT2D eigenvalue weighted by Crippen LogP contribution is -2.37. The molecule has 0 atom stereocenters. The van der Waals surface area contributed by atoms with Gasteiger partial charge >= 0.3 is 6.09 Å². The lowest BCUT2D eigenvalue weighted by molar-refractivity contribution is 0.0696. The van der Waals surface area contributed by atoms with Crippen molar-refractivity contribution in [1.82, 2.24) is 9.88 Å². The summed E-state index contributed by atoms with van der Waals surface area (Å²) in [5.41, 5.74) is 7.07. The largest absolute Gasteiger partial charge is 0.449 e. The van der Waals surface area contributed by atoms with Gasteiger partial charge < -0.3 is 15.4 Å². The molecular formula is C10H13N3O2. The van der Waals surface area contributed by atoms with E-state index >= 15 is 0 Å². The summed E-state index contributed by atoms with van der Waals surface area (Å²) in [4.78, 5) is 17.1. The fraction of sp³-hybridized carbons (Fsp3) is 0.400. The maximum absolute atomic E-state index is 11.3. The number of anilines is 1. The molecule has 80 valence electrons. The van der Waals surface area contributed by atoms with Crippen molar-refractivity contribution in [1.29, 1.82) is 0 Å². The van der Waals surface area contributed by atoms with Gasteiger partial charge in [-0.05, 0) is 18.6 Å². The Balaban J connectivity index is 2.04. The summed E-state index contributed by atoms with van der Waals surface area (Å²) in [6.45, 7) is 1.69. The highest BCUT2D eigenvalue weighted by Gasteiger charge is 2.19. The molecule has 5 heteroatoms. The fourth-order valence-electron chi connectivity index (χ4n) is 1.52. The summed E-state index contributed by atoms with van der Waals surface area (Å²) < 4.78 is 4.92. The Morgan fingerprint density at radius 1 is 1.60 bits per heavy atom. The number of carbonyl (C=O) groups is 1. The molecule has 1 aliphatic heterocycles. The number of nitrogens with zero attached hydrogens (tertiary/aromatic N) is 2. The van der Waals surface area contributed by atoms with Crippen molar-refractivity contribution in [3.8, 4) is 0 Å². The standard InChI is InChI=1S/C10H13N3O2/c11-8-2-3-12-9(6-8)7-13-4-1-5-15-10(13)14/h2-3,6H,1,4-5,7H2,(H2,11,12). The molecule has 0 aromatic carbocycles. The minimum Gasteiger partial charge on any atom is -0.449 e. The van der Waals surface area contributed by atoms with E-state index in [0.29, 0.717) is 18.8 Å². The van der Waals surface area contributed by atoms with Crippen LogP contribution in [0.5, 0.6) is 0 Å². The van der Waals surface area contributed by atoms with Gasteiger partial charge in [-0.2, -0.15) is 0 Å². The van der Waals surface area contributed by atoms with Crippen molar-refractivity contribution in [3.63, 3.8) is 0 Å². The molecule has 0 saturated carbocycles. The number of ether oxygens (including phenoxy) is 1. The van der Waals surface area contributed by atoms with E-state index in [0.717, 1.165) is 18.7 Å². The number of pyridine rings is 1. The minimum atomic E-state index is -0.273. The van der Waals surface area contributed by atoms with Crippen LogP contribution in [-0.2, 0) is 11.3 Å². The third-order valence-electron chi connectivity index (χ3n) is 2.25. The normalized spacial score (nSPS) is 16.3. The van der Waals surface area contributed by atoms with Gasteiger partial charge in [-0.25, -0.2) is 4.79 Å². The third-order valence-corrected chi connectivity index (χ3v) is 2.25. The molecule has 5 nitrogen and oxygen atoms in total. The molecule has 1 amide bonds. The monoisotopic (exact) mass is 207 g/mol. The number of aromatic nitrogens is 1. The summed E-state index contributed by atoms with van der Waals surface area (Å²) in [5, 5.41) is 0. The fourth-order valence-corrected chi connectivity index (χ4v) is 1.52. The topological polar surface area (TPSA) is 68.4 Å². The molecule has 2 N–H and O–H groups in total. The van der Waals surface area contributed by atoms with E-state index in [9.17, 15) is 4.79 Å². The Bertz CT molecular complexity index is 367. The quantitative estimate of drug-likeness (QED) is 0.785. The van der Waals surface area contributed by atoms with Gasteiger partial charge in [-0.1, -0.05) is 0 Å². The first-order valence-corrected chi connectivity index (χ1v) is 4.88. The smallest absolute Gasteiger partial charge is 0.410 e. The van der Waals surface area contributed by atoms with E-state index < -0.39 is 0 Å². The highest BCUT2D eigenvalue weighted by atomic mass is 16.6. The van der Waals surface area contributed by atoms with E-state index in [1.165, 1.54) is 0 Å². The van der Waals surface area contributed by atoms with Crippen molar-refractivity contribution in [3.05, 3.63) is 24.0 Å². The van der Waals surface area contributed by atoms with Gasteiger partial charge in [0.15, 0.2) is 0 Å². The summed E-state index contributed by atoms with van der Waals surface area (Å²) in [6, 6.07) is 3.49. The van der Waals surface area contributed by atoms with Crippen molar-refractivity contribution in [2.75, 3.05) is 18.9 Å². The second-order valence-corrected chi connectivity index (χ2v) is 3.47. The van der Waals surface area contributed by atoms with Gasteiger partial charge in [0.2, 0.25) is 0 Å². The minimum absolute atomic E-state index is 0.273. The third kappa shape index (κ3) is 2.37. The van der Waals surface area contributed by atoms with E-state index in [2.05, 4.69) is 4.98 Å². The van der Waals surface area contributed by atoms with Gasteiger partial charge in [0, 0.05) is 18.4 Å². The summed E-state index contributed by atoms with van der Waals surface area (Å²) in [6.07, 6.45) is 2.24. The number of nitrogens with two attached hydrogens (primary N) is 1. The molecule has 0 unspecified atom stereocenters. The van der Waals surface area contributed by atoms with E-state index in [1.807, 2.05) is 0 Å². The molecule has 1 saturated heterocycles. The first kappa shape index (κ1) is 9.76. The van der Waals surface area contributed by atoms with Crippen LogP contribution in [0.2, 0.25) is 0 Å². The average molecular weight is 207 g/mol. The molecular weight excluding hydrogens is 194 g/mol. The first-order valence-electron chi connectivity index (χ1n) is 4.88. The lowest BCUT2D eigenvalue weighted by atomic mass is 10.3. The Kier molecular flexibility index (Phi) is 2.71. The zero-order chi connectivity index (χ0) is 10.7. The second-order valence-electron chi connectivity index (χ2n) is 3.47. The number of cyclic esters (lactones) is 1. The number of amides is 1. The van der Waals surface area contributed by atoms with Crippen LogP contribution in [0.1, 0.15) is 12.1 Å². The zero-order valence-corrected chi connectivity index (χ0v) is 8.35. The van der Waals surface area contributed by atoms with Crippen LogP contribution in [0.25, 0.3) is 0 Å². The molecule has 1 aromatic rings. The summed E-state index contributed by atoms with van der Waals surface area (Å²) in [7, 11) is 0. The van der Waals surface area contributed by atoms with Gasteiger partial charge in [-0.3, -0.25) is 4.98 Å². The Labute approximate surface area is 87.8 Å². The average Bonchev–Trinajstić information content (AvgIpc) is 2.22. The molecule has 0 aliphatic carbocycles. The van der Waals surface area contributed by atoms with Crippen molar-refractivity contribution >= 4 is 11.8 Å². The van der Waals surface area contributed by atoms with Gasteiger partial charge in [-0.15, -0.1) is 0 Å². The van der Waals surface area contributed by atoms with E-state index in [1.54, 1.807) is 23.2 Å². The van der Waals surface area contributed by atoms with Gasteiger partial charge in [0.25, 0.3) is 0 Å². The second kappa shape index (κ2) is 4.16. The highest BCUT2D eigenvalue weighted by molar-refractivity contribution is 5.68. The van der Waals surface area contributed by atoms with E-state index in [-0.39, 0.29) is 6.09 Å². The first-order chi connectivity index (χ1) is 7.25. The molecule has 2 heterocycles. The highest BCUT2D eigenvalue weighted by Crippen LogP contribution is 2.10. The van der Waals surface area contributed by atoms with Gasteiger partial charge in [0.05, 0.1) is 18.8 Å². The predicted octanol–water partition coefficient (Wildman–Crippen LogP) is 1.01. The maximum atomic E-state index is 11.3. The molecule has 15 heavy (non-hydrogen) atoms. The number of rotatable bonds is 2. The molecule has 0 bridgehead atoms. The molecule has 1 fully saturated rings. The van der Waals surface area contributed by atoms with Crippen LogP contribution in [0.4, 0.5) is 10.5 Å². The zero-order valence-electron chi connectivity index (χ0n) is 8.35. The van der Waals surface area contributed by atoms with Crippen LogP contribution in [0.3, 0.4) is 0 Å². The Morgan fingerprint density at radius 2 is 2.47 bits per heavy atom. The SMILES string of the molecule is Nc1ccnc(CN2CCCOC2=O)c1. The molecule has 2 rings (SSSR count). The maximum Gasteiger partial charge on any atom is 0.410 e. The molecule has 1 aliphatic rings. The molecule has 1 aromatic heterocycles. The number of nitrogen functional groups attached to an aromatic ring is 1. The number of hydrogen-bond donors (Lipinski definition) is 1. The molecule has 0 spiro atoms. The lowest BCUT2D eigenvalue weighted by Gasteiger charge is -2.25. The number of hydrogen-bond acceptors (Lipinski definition) is 4. The number of carbonyl (C=O) groups excluding carboxylic acids is 1. The molecule has 0 radical (unpaired) electrons. The van der Waals surface area contributed by atoms with Crippen molar-refractivity contribution < 1.29 is 9.53 Å². The predicted molar refractivity (Wildman–Crippen MR) is 55.0 cm³/mol. The van der Waals surface area contributed by atoms with Gasteiger partial charge in [0.1, 0.15) is 0 Å². The summed E-state index contributed by atoms with van der Waals surface area (Å²) >= 11 is 0. The van der Waals surface area contributed by atoms with Crippen LogP contribution in [0, 0.1) is 0 Å². The Hall–Kier alpha value is -1.78. The van der Waals surface area contributed by atoms with Crippen LogP contribution < -0.4 is 5.73 Å². The van der Waals surface area contributed by atoms with Crippen LogP contribution >= 0.6 is 0 Å².